The second kappa shape index (κ2) is 6.15. The summed E-state index contributed by atoms with van der Waals surface area (Å²) in [7, 11) is 0. The van der Waals surface area contributed by atoms with Crippen molar-refractivity contribution in [3.05, 3.63) is 0 Å². The summed E-state index contributed by atoms with van der Waals surface area (Å²) < 4.78 is 0. The molecule has 0 spiro atoms. The molecule has 1 atom stereocenters. The summed E-state index contributed by atoms with van der Waals surface area (Å²) in [5.74, 6) is 0.724. The van der Waals surface area contributed by atoms with Crippen molar-refractivity contribution < 1.29 is 9.90 Å². The number of rotatable bonds is 4. The van der Waals surface area contributed by atoms with Gasteiger partial charge in [-0.3, -0.25) is 0 Å². The number of nitrogens with zero attached hydrogens (tertiary/aromatic N) is 1. The van der Waals surface area contributed by atoms with Crippen LogP contribution in [-0.4, -0.2) is 40.8 Å². The van der Waals surface area contributed by atoms with Crippen molar-refractivity contribution in [2.45, 2.75) is 77.9 Å². The smallest absolute Gasteiger partial charge is 0.317 e. The molecule has 2 rings (SSSR count). The van der Waals surface area contributed by atoms with Crippen LogP contribution in [0.5, 0.6) is 0 Å². The second-order valence-electron chi connectivity index (χ2n) is 8.13. The molecule has 0 aromatic heterocycles. The molecule has 4 nitrogen and oxygen atoms in total. The number of hydrogen-bond acceptors (Lipinski definition) is 2. The first-order valence-electron chi connectivity index (χ1n) is 8.48. The molecule has 1 aliphatic carbocycles. The third-order valence-electron chi connectivity index (χ3n) is 5.48. The molecule has 21 heavy (non-hydrogen) atoms. The standard InChI is InChI=1S/C17H32N2O2/c1-16(2,13-8-5-6-9-13)12-18-15(20)19-11-7-10-14(19)17(3,4)21/h13-14,21H,5-12H2,1-4H3,(H,18,20). The maximum Gasteiger partial charge on any atom is 0.317 e. The van der Waals surface area contributed by atoms with Crippen LogP contribution in [0.4, 0.5) is 4.79 Å². The van der Waals surface area contributed by atoms with Gasteiger partial charge in [0, 0.05) is 13.1 Å². The zero-order valence-electron chi connectivity index (χ0n) is 14.1. The van der Waals surface area contributed by atoms with Gasteiger partial charge in [-0.05, 0) is 50.9 Å². The molecule has 4 heteroatoms. The summed E-state index contributed by atoms with van der Waals surface area (Å²) >= 11 is 0. The minimum atomic E-state index is -0.825. The number of aliphatic hydroxyl groups is 1. The Balaban J connectivity index is 1.89. The molecular weight excluding hydrogens is 264 g/mol. The SMILES string of the molecule is CC(C)(O)C1CCCN1C(=O)NCC(C)(C)C1CCCC1. The normalized spacial score (nSPS) is 24.6. The molecule has 1 saturated carbocycles. The van der Waals surface area contributed by atoms with Gasteiger partial charge >= 0.3 is 6.03 Å². The highest BCUT2D eigenvalue weighted by Crippen LogP contribution is 2.39. The van der Waals surface area contributed by atoms with E-state index < -0.39 is 5.60 Å². The maximum absolute atomic E-state index is 12.5. The van der Waals surface area contributed by atoms with Gasteiger partial charge in [0.05, 0.1) is 11.6 Å². The van der Waals surface area contributed by atoms with Crippen molar-refractivity contribution >= 4 is 6.03 Å². The fraction of sp³-hybridized carbons (Fsp3) is 0.941. The van der Waals surface area contributed by atoms with Crippen LogP contribution in [0.2, 0.25) is 0 Å². The van der Waals surface area contributed by atoms with Gasteiger partial charge in [0.15, 0.2) is 0 Å². The Morgan fingerprint density at radius 2 is 1.76 bits per heavy atom. The zero-order chi connectivity index (χ0) is 15.7. The minimum Gasteiger partial charge on any atom is -0.388 e. The van der Waals surface area contributed by atoms with E-state index in [2.05, 4.69) is 19.2 Å². The Bertz CT molecular complexity index is 367. The fourth-order valence-corrected chi connectivity index (χ4v) is 4.00. The number of urea groups is 1. The van der Waals surface area contributed by atoms with Crippen molar-refractivity contribution in [2.24, 2.45) is 11.3 Å². The Hall–Kier alpha value is -0.770. The molecule has 0 aromatic rings. The largest absolute Gasteiger partial charge is 0.388 e. The highest BCUT2D eigenvalue weighted by Gasteiger charge is 2.39. The molecule has 1 unspecified atom stereocenters. The summed E-state index contributed by atoms with van der Waals surface area (Å²) in [5, 5.41) is 13.3. The van der Waals surface area contributed by atoms with Crippen molar-refractivity contribution in [3.63, 3.8) is 0 Å². The van der Waals surface area contributed by atoms with E-state index in [4.69, 9.17) is 0 Å². The van der Waals surface area contributed by atoms with Gasteiger partial charge in [-0.15, -0.1) is 0 Å². The molecule has 1 heterocycles. The molecule has 0 radical (unpaired) electrons. The number of nitrogens with one attached hydrogen (secondary N) is 1. The van der Waals surface area contributed by atoms with Crippen LogP contribution in [0.15, 0.2) is 0 Å². The molecule has 0 bridgehead atoms. The minimum absolute atomic E-state index is 0.00861. The molecule has 1 aliphatic heterocycles. The fourth-order valence-electron chi connectivity index (χ4n) is 4.00. The van der Waals surface area contributed by atoms with E-state index in [9.17, 15) is 9.90 Å². The molecule has 122 valence electrons. The van der Waals surface area contributed by atoms with Crippen LogP contribution in [-0.2, 0) is 0 Å². The highest BCUT2D eigenvalue weighted by atomic mass is 16.3. The van der Waals surface area contributed by atoms with Gasteiger partial charge in [-0.2, -0.15) is 0 Å². The number of carbonyl (C=O) groups excluding carboxylic acids is 1. The monoisotopic (exact) mass is 296 g/mol. The summed E-state index contributed by atoms with van der Waals surface area (Å²) in [6.45, 7) is 9.61. The molecule has 0 aromatic carbocycles. The van der Waals surface area contributed by atoms with Gasteiger partial charge in [-0.25, -0.2) is 4.79 Å². The van der Waals surface area contributed by atoms with Gasteiger partial charge < -0.3 is 15.3 Å². The first-order valence-corrected chi connectivity index (χ1v) is 8.48. The first-order chi connectivity index (χ1) is 9.72. The summed E-state index contributed by atoms with van der Waals surface area (Å²) in [5.41, 5.74) is -0.662. The number of hydrogen-bond donors (Lipinski definition) is 2. The number of carbonyl (C=O) groups is 1. The first kappa shape index (κ1) is 16.6. The maximum atomic E-state index is 12.5. The Morgan fingerprint density at radius 1 is 1.14 bits per heavy atom. The third kappa shape index (κ3) is 3.91. The highest BCUT2D eigenvalue weighted by molar-refractivity contribution is 5.75. The molecular formula is C17H32N2O2. The predicted molar refractivity (Wildman–Crippen MR) is 85.2 cm³/mol. The van der Waals surface area contributed by atoms with Crippen molar-refractivity contribution in [3.8, 4) is 0 Å². The lowest BCUT2D eigenvalue weighted by Gasteiger charge is -2.36. The van der Waals surface area contributed by atoms with Crippen molar-refractivity contribution in [1.82, 2.24) is 10.2 Å². The lowest BCUT2D eigenvalue weighted by Crippen LogP contribution is -2.53. The van der Waals surface area contributed by atoms with Crippen molar-refractivity contribution in [2.75, 3.05) is 13.1 Å². The predicted octanol–water partition coefficient (Wildman–Crippen LogP) is 3.15. The molecule has 2 amide bonds. The molecule has 2 fully saturated rings. The van der Waals surface area contributed by atoms with Crippen LogP contribution < -0.4 is 5.32 Å². The molecule has 2 aliphatic rings. The van der Waals surface area contributed by atoms with Crippen molar-refractivity contribution in [1.29, 1.82) is 0 Å². The number of amides is 2. The zero-order valence-corrected chi connectivity index (χ0v) is 14.1. The van der Waals surface area contributed by atoms with E-state index in [1.807, 2.05) is 4.90 Å². The Morgan fingerprint density at radius 3 is 2.33 bits per heavy atom. The Labute approximate surface area is 129 Å². The van der Waals surface area contributed by atoms with E-state index in [0.717, 1.165) is 31.8 Å². The van der Waals surface area contributed by atoms with Gasteiger partial charge in [-0.1, -0.05) is 26.7 Å². The van der Waals surface area contributed by atoms with E-state index in [1.165, 1.54) is 25.7 Å². The quantitative estimate of drug-likeness (QED) is 0.837. The topological polar surface area (TPSA) is 52.6 Å². The van der Waals surface area contributed by atoms with Crippen LogP contribution in [0.3, 0.4) is 0 Å². The Kier molecular flexibility index (Phi) is 4.86. The van der Waals surface area contributed by atoms with Gasteiger partial charge in [0.1, 0.15) is 0 Å². The van der Waals surface area contributed by atoms with Gasteiger partial charge in [0.2, 0.25) is 0 Å². The summed E-state index contributed by atoms with van der Waals surface area (Å²) in [6, 6.07) is -0.0715. The second-order valence-corrected chi connectivity index (χ2v) is 8.13. The van der Waals surface area contributed by atoms with E-state index in [-0.39, 0.29) is 17.5 Å². The third-order valence-corrected chi connectivity index (χ3v) is 5.48. The molecule has 2 N–H and O–H groups in total. The van der Waals surface area contributed by atoms with E-state index in [0.29, 0.717) is 0 Å². The van der Waals surface area contributed by atoms with E-state index >= 15 is 0 Å². The summed E-state index contributed by atoms with van der Waals surface area (Å²) in [4.78, 5) is 14.3. The average molecular weight is 296 g/mol. The lowest BCUT2D eigenvalue weighted by molar-refractivity contribution is 0.00937. The van der Waals surface area contributed by atoms with Crippen LogP contribution in [0.1, 0.15) is 66.2 Å². The van der Waals surface area contributed by atoms with E-state index in [1.54, 1.807) is 13.8 Å². The average Bonchev–Trinajstić information content (AvgIpc) is 3.05. The summed E-state index contributed by atoms with van der Waals surface area (Å²) in [6.07, 6.45) is 7.11. The van der Waals surface area contributed by atoms with Crippen LogP contribution in [0, 0.1) is 11.3 Å². The van der Waals surface area contributed by atoms with Gasteiger partial charge in [0.25, 0.3) is 0 Å². The lowest BCUT2D eigenvalue weighted by atomic mass is 9.78. The number of likely N-dealkylation sites (tertiary alicyclic amines) is 1. The molecule has 1 saturated heterocycles. The van der Waals surface area contributed by atoms with Crippen LogP contribution in [0.25, 0.3) is 0 Å². The van der Waals surface area contributed by atoms with Crippen LogP contribution >= 0.6 is 0 Å².